The number of hydrogen-bond acceptors (Lipinski definition) is 4. The summed E-state index contributed by atoms with van der Waals surface area (Å²) >= 11 is 0. The van der Waals surface area contributed by atoms with E-state index in [9.17, 15) is 4.79 Å². The second kappa shape index (κ2) is 8.59. The number of hydrogen-bond donors (Lipinski definition) is 0. The van der Waals surface area contributed by atoms with Gasteiger partial charge < -0.3 is 9.47 Å². The molecule has 1 unspecified atom stereocenters. The number of carbonyl (C=O) groups is 1. The highest BCUT2D eigenvalue weighted by Crippen LogP contribution is 2.24. The normalized spacial score (nSPS) is 12.2. The fraction of sp³-hybridized carbons (Fsp3) is 0.562. The molecule has 0 heterocycles. The molecule has 1 atom stereocenters. The summed E-state index contributed by atoms with van der Waals surface area (Å²) in [6.45, 7) is 8.08. The van der Waals surface area contributed by atoms with Crippen LogP contribution in [0.2, 0.25) is 0 Å². The number of ether oxygens (including phenoxy) is 2. The summed E-state index contributed by atoms with van der Waals surface area (Å²) in [4.78, 5) is 14.4. The van der Waals surface area contributed by atoms with Crippen LogP contribution in [0.4, 0.5) is 0 Å². The van der Waals surface area contributed by atoms with E-state index in [1.165, 1.54) is 0 Å². The molecule has 0 spiro atoms. The van der Waals surface area contributed by atoms with Gasteiger partial charge in [-0.3, -0.25) is 4.90 Å². The number of benzene rings is 1. The summed E-state index contributed by atoms with van der Waals surface area (Å²) in [7, 11) is 1.63. The van der Waals surface area contributed by atoms with Crippen molar-refractivity contribution in [2.45, 2.75) is 33.2 Å². The minimum absolute atomic E-state index is 0.187. The van der Waals surface area contributed by atoms with Crippen LogP contribution in [0.3, 0.4) is 0 Å². The number of carbonyl (C=O) groups excluding carboxylic acids is 1. The number of esters is 1. The van der Waals surface area contributed by atoms with Crippen molar-refractivity contribution < 1.29 is 14.3 Å². The van der Waals surface area contributed by atoms with Gasteiger partial charge in [-0.1, -0.05) is 26.0 Å². The maximum absolute atomic E-state index is 12.3. The Bertz CT molecular complexity index is 403. The van der Waals surface area contributed by atoms with Crippen LogP contribution in [0.15, 0.2) is 24.3 Å². The van der Waals surface area contributed by atoms with Crippen LogP contribution in [0.1, 0.15) is 38.8 Å². The second-order valence-corrected chi connectivity index (χ2v) is 4.56. The lowest BCUT2D eigenvalue weighted by Gasteiger charge is -2.29. The van der Waals surface area contributed by atoms with Gasteiger partial charge in [0.15, 0.2) is 0 Å². The summed E-state index contributed by atoms with van der Waals surface area (Å²) in [5.41, 5.74) is 0.944. The zero-order valence-electron chi connectivity index (χ0n) is 12.9. The molecule has 0 fully saturated rings. The standard InChI is InChI=1S/C16H25NO3/c1-5-12-17(6-2)15(16(18)20-7-3)13-8-10-14(19-4)11-9-13/h8-11,15H,5-7,12H2,1-4H3. The van der Waals surface area contributed by atoms with Crippen LogP contribution in [0.25, 0.3) is 0 Å². The van der Waals surface area contributed by atoms with E-state index < -0.39 is 0 Å². The molecular weight excluding hydrogens is 254 g/mol. The molecule has 0 aromatic heterocycles. The minimum atomic E-state index is -0.342. The maximum Gasteiger partial charge on any atom is 0.327 e. The Morgan fingerprint density at radius 3 is 2.30 bits per heavy atom. The largest absolute Gasteiger partial charge is 0.497 e. The first-order chi connectivity index (χ1) is 9.67. The zero-order valence-corrected chi connectivity index (χ0v) is 12.9. The van der Waals surface area contributed by atoms with E-state index in [1.54, 1.807) is 7.11 Å². The lowest BCUT2D eigenvalue weighted by molar-refractivity contribution is -0.149. The average molecular weight is 279 g/mol. The number of likely N-dealkylation sites (N-methyl/N-ethyl adjacent to an activating group) is 1. The monoisotopic (exact) mass is 279 g/mol. The van der Waals surface area contributed by atoms with Crippen LogP contribution in [-0.4, -0.2) is 37.7 Å². The van der Waals surface area contributed by atoms with Gasteiger partial charge in [0, 0.05) is 0 Å². The van der Waals surface area contributed by atoms with E-state index in [-0.39, 0.29) is 12.0 Å². The topological polar surface area (TPSA) is 38.8 Å². The third-order valence-corrected chi connectivity index (χ3v) is 3.22. The van der Waals surface area contributed by atoms with E-state index in [4.69, 9.17) is 9.47 Å². The zero-order chi connectivity index (χ0) is 15.0. The van der Waals surface area contributed by atoms with Gasteiger partial charge in [-0.15, -0.1) is 0 Å². The van der Waals surface area contributed by atoms with Crippen molar-refractivity contribution in [2.24, 2.45) is 0 Å². The van der Waals surface area contributed by atoms with Crippen molar-refractivity contribution in [1.82, 2.24) is 4.90 Å². The minimum Gasteiger partial charge on any atom is -0.497 e. The Labute approximate surface area is 121 Å². The molecule has 1 rings (SSSR count). The van der Waals surface area contributed by atoms with E-state index >= 15 is 0 Å². The van der Waals surface area contributed by atoms with Crippen molar-refractivity contribution in [3.63, 3.8) is 0 Å². The molecule has 4 nitrogen and oxygen atoms in total. The predicted molar refractivity (Wildman–Crippen MR) is 79.9 cm³/mol. The van der Waals surface area contributed by atoms with Gasteiger partial charge in [-0.2, -0.15) is 0 Å². The third kappa shape index (κ3) is 4.23. The fourth-order valence-corrected chi connectivity index (χ4v) is 2.26. The molecule has 0 N–H and O–H groups in total. The highest BCUT2D eigenvalue weighted by atomic mass is 16.5. The highest BCUT2D eigenvalue weighted by molar-refractivity contribution is 5.77. The molecule has 112 valence electrons. The van der Waals surface area contributed by atoms with E-state index in [0.29, 0.717) is 6.61 Å². The molecule has 1 aromatic carbocycles. The van der Waals surface area contributed by atoms with E-state index in [2.05, 4.69) is 18.7 Å². The molecule has 0 aliphatic heterocycles. The van der Waals surface area contributed by atoms with Crippen LogP contribution < -0.4 is 4.74 Å². The SMILES string of the molecule is CCCN(CC)C(C(=O)OCC)c1ccc(OC)cc1. The van der Waals surface area contributed by atoms with Gasteiger partial charge in [0.2, 0.25) is 0 Å². The van der Waals surface area contributed by atoms with Crippen molar-refractivity contribution in [3.05, 3.63) is 29.8 Å². The lowest BCUT2D eigenvalue weighted by atomic mass is 10.0. The molecule has 0 saturated heterocycles. The number of rotatable bonds is 8. The number of methoxy groups -OCH3 is 1. The van der Waals surface area contributed by atoms with E-state index in [1.807, 2.05) is 31.2 Å². The summed E-state index contributed by atoms with van der Waals surface area (Å²) in [5, 5.41) is 0. The van der Waals surface area contributed by atoms with Gasteiger partial charge in [0.25, 0.3) is 0 Å². The Kier molecular flexibility index (Phi) is 7.09. The Morgan fingerprint density at radius 2 is 1.85 bits per heavy atom. The van der Waals surface area contributed by atoms with Crippen molar-refractivity contribution >= 4 is 5.97 Å². The van der Waals surface area contributed by atoms with Crippen LogP contribution in [0, 0.1) is 0 Å². The maximum atomic E-state index is 12.3. The summed E-state index contributed by atoms with van der Waals surface area (Å²) in [5.74, 6) is 0.600. The third-order valence-electron chi connectivity index (χ3n) is 3.22. The van der Waals surface area contributed by atoms with Gasteiger partial charge in [-0.05, 0) is 44.1 Å². The van der Waals surface area contributed by atoms with Crippen molar-refractivity contribution in [1.29, 1.82) is 0 Å². The summed E-state index contributed by atoms with van der Waals surface area (Å²) in [6.07, 6.45) is 1.000. The molecule has 1 aromatic rings. The quantitative estimate of drug-likeness (QED) is 0.686. The first kappa shape index (κ1) is 16.5. The molecular formula is C16H25NO3. The highest BCUT2D eigenvalue weighted by Gasteiger charge is 2.27. The van der Waals surface area contributed by atoms with Gasteiger partial charge in [-0.25, -0.2) is 4.79 Å². The predicted octanol–water partition coefficient (Wildman–Crippen LogP) is 3.03. The second-order valence-electron chi connectivity index (χ2n) is 4.56. The van der Waals surface area contributed by atoms with Crippen LogP contribution in [0.5, 0.6) is 5.75 Å². The first-order valence-corrected chi connectivity index (χ1v) is 7.22. The Balaban J connectivity index is 3.03. The first-order valence-electron chi connectivity index (χ1n) is 7.22. The smallest absolute Gasteiger partial charge is 0.327 e. The molecule has 0 aliphatic carbocycles. The summed E-state index contributed by atoms with van der Waals surface area (Å²) in [6, 6.07) is 7.27. The summed E-state index contributed by atoms with van der Waals surface area (Å²) < 4.78 is 10.4. The average Bonchev–Trinajstić information content (AvgIpc) is 2.47. The van der Waals surface area contributed by atoms with Gasteiger partial charge in [0.05, 0.1) is 13.7 Å². The molecule has 20 heavy (non-hydrogen) atoms. The van der Waals surface area contributed by atoms with Crippen LogP contribution >= 0.6 is 0 Å². The van der Waals surface area contributed by atoms with Gasteiger partial charge >= 0.3 is 5.97 Å². The fourth-order valence-electron chi connectivity index (χ4n) is 2.26. The van der Waals surface area contributed by atoms with Gasteiger partial charge in [0.1, 0.15) is 11.8 Å². The molecule has 4 heteroatoms. The lowest BCUT2D eigenvalue weighted by Crippen LogP contribution is -2.35. The molecule has 0 saturated carbocycles. The number of nitrogens with zero attached hydrogens (tertiary/aromatic N) is 1. The van der Waals surface area contributed by atoms with Crippen LogP contribution in [-0.2, 0) is 9.53 Å². The van der Waals surface area contributed by atoms with Crippen molar-refractivity contribution in [3.8, 4) is 5.75 Å². The molecule has 0 aliphatic rings. The Morgan fingerprint density at radius 1 is 1.20 bits per heavy atom. The molecule has 0 radical (unpaired) electrons. The molecule has 0 amide bonds. The molecule has 0 bridgehead atoms. The van der Waals surface area contributed by atoms with E-state index in [0.717, 1.165) is 30.8 Å². The Hall–Kier alpha value is -1.55. The van der Waals surface area contributed by atoms with Crippen molar-refractivity contribution in [2.75, 3.05) is 26.8 Å².